The van der Waals surface area contributed by atoms with Crippen molar-refractivity contribution in [1.82, 2.24) is 9.88 Å². The first-order valence-corrected chi connectivity index (χ1v) is 11.3. The van der Waals surface area contributed by atoms with Crippen LogP contribution in [0, 0.1) is 0 Å². The smallest absolute Gasteiger partial charge is 0.350 e. The van der Waals surface area contributed by atoms with Crippen molar-refractivity contribution in [2.75, 3.05) is 13.1 Å². The molecule has 0 spiro atoms. The second kappa shape index (κ2) is 9.14. The Balaban J connectivity index is 1.46. The first-order chi connectivity index (χ1) is 15.7. The maximum atomic E-state index is 13.1. The van der Waals surface area contributed by atoms with Gasteiger partial charge in [0.25, 0.3) is 5.91 Å². The number of para-hydroxylation sites is 1. The predicted octanol–water partition coefficient (Wildman–Crippen LogP) is 5.21. The zero-order chi connectivity index (χ0) is 23.6. The van der Waals surface area contributed by atoms with Crippen LogP contribution in [0.15, 0.2) is 60.8 Å². The Bertz CT molecular complexity index is 1210. The Morgan fingerprint density at radius 3 is 2.61 bits per heavy atom. The van der Waals surface area contributed by atoms with Crippen LogP contribution in [0.1, 0.15) is 50.0 Å². The van der Waals surface area contributed by atoms with Crippen LogP contribution in [-0.4, -0.2) is 46.6 Å². The van der Waals surface area contributed by atoms with Gasteiger partial charge in [-0.3, -0.25) is 4.79 Å². The van der Waals surface area contributed by atoms with Crippen LogP contribution in [0.2, 0.25) is 0 Å². The van der Waals surface area contributed by atoms with Crippen LogP contribution in [0.25, 0.3) is 16.5 Å². The van der Waals surface area contributed by atoms with E-state index < -0.39 is 11.6 Å². The summed E-state index contributed by atoms with van der Waals surface area (Å²) in [6.07, 6.45) is 4.43. The first kappa shape index (κ1) is 22.6. The second-order valence-electron chi connectivity index (χ2n) is 9.07. The number of carbonyl (C=O) groups excluding carboxylic acids is 2. The van der Waals surface area contributed by atoms with E-state index in [4.69, 9.17) is 9.47 Å². The standard InChI is InChI=1S/C27H30N2O4/c1-18(2)32-26(31)27(3,4)33-21-9-7-8-20(16-21)19-12-14-29(15-13-19)25(30)23-17-28-24-11-6-5-10-22(23)24/h5-12,16-18,28H,13-15H2,1-4H3. The number of esters is 1. The van der Waals surface area contributed by atoms with Crippen LogP contribution in [0.5, 0.6) is 5.75 Å². The van der Waals surface area contributed by atoms with Gasteiger partial charge < -0.3 is 19.4 Å². The summed E-state index contributed by atoms with van der Waals surface area (Å²) in [5.41, 5.74) is 2.76. The Hall–Kier alpha value is -3.54. The van der Waals surface area contributed by atoms with Gasteiger partial charge >= 0.3 is 5.97 Å². The number of hydrogen-bond donors (Lipinski definition) is 1. The molecule has 6 nitrogen and oxygen atoms in total. The molecule has 0 atom stereocenters. The molecular weight excluding hydrogens is 416 g/mol. The molecule has 1 aliphatic rings. The number of hydrogen-bond acceptors (Lipinski definition) is 4. The molecule has 0 saturated carbocycles. The molecule has 0 saturated heterocycles. The van der Waals surface area contributed by atoms with Crippen LogP contribution < -0.4 is 4.74 Å². The fourth-order valence-electron chi connectivity index (χ4n) is 3.99. The number of nitrogens with one attached hydrogen (secondary N) is 1. The SMILES string of the molecule is CC(C)OC(=O)C(C)(C)Oc1cccc(C2=CCN(C(=O)c3c[nH]c4ccccc34)CC2)c1. The number of H-pyrrole nitrogens is 1. The second-order valence-corrected chi connectivity index (χ2v) is 9.07. The largest absolute Gasteiger partial charge is 0.476 e. The van der Waals surface area contributed by atoms with E-state index in [2.05, 4.69) is 11.1 Å². The van der Waals surface area contributed by atoms with E-state index in [0.717, 1.165) is 28.5 Å². The Morgan fingerprint density at radius 2 is 1.88 bits per heavy atom. The van der Waals surface area contributed by atoms with Gasteiger partial charge in [-0.15, -0.1) is 0 Å². The summed E-state index contributed by atoms with van der Waals surface area (Å²) in [7, 11) is 0. The molecule has 3 aromatic rings. The third-order valence-corrected chi connectivity index (χ3v) is 5.73. The van der Waals surface area contributed by atoms with Crippen molar-refractivity contribution < 1.29 is 19.1 Å². The molecule has 1 N–H and O–H groups in total. The van der Waals surface area contributed by atoms with Crippen molar-refractivity contribution in [3.05, 3.63) is 71.9 Å². The number of ether oxygens (including phenoxy) is 2. The molecule has 0 radical (unpaired) electrons. The molecule has 0 bridgehead atoms. The molecule has 2 aromatic carbocycles. The van der Waals surface area contributed by atoms with E-state index in [1.54, 1.807) is 20.0 Å². The molecule has 1 amide bonds. The highest BCUT2D eigenvalue weighted by Gasteiger charge is 2.32. The highest BCUT2D eigenvalue weighted by molar-refractivity contribution is 6.06. The topological polar surface area (TPSA) is 71.6 Å². The fraction of sp³-hybridized carbons (Fsp3) is 0.333. The minimum atomic E-state index is -1.09. The lowest BCUT2D eigenvalue weighted by Crippen LogP contribution is -2.40. The minimum Gasteiger partial charge on any atom is -0.476 e. The Labute approximate surface area is 194 Å². The van der Waals surface area contributed by atoms with Gasteiger partial charge in [-0.05, 0) is 63.5 Å². The van der Waals surface area contributed by atoms with E-state index >= 15 is 0 Å². The monoisotopic (exact) mass is 446 g/mol. The average Bonchev–Trinajstić information content (AvgIpc) is 3.22. The van der Waals surface area contributed by atoms with E-state index in [1.807, 2.05) is 67.3 Å². The van der Waals surface area contributed by atoms with Crippen molar-refractivity contribution in [1.29, 1.82) is 0 Å². The summed E-state index contributed by atoms with van der Waals surface area (Å²) in [5.74, 6) is 0.243. The van der Waals surface area contributed by atoms with Gasteiger partial charge in [0.1, 0.15) is 5.75 Å². The first-order valence-electron chi connectivity index (χ1n) is 11.3. The van der Waals surface area contributed by atoms with Crippen molar-refractivity contribution in [3.8, 4) is 5.75 Å². The van der Waals surface area contributed by atoms with Gasteiger partial charge in [0.05, 0.1) is 11.7 Å². The van der Waals surface area contributed by atoms with Gasteiger partial charge in [0.15, 0.2) is 5.60 Å². The zero-order valence-electron chi connectivity index (χ0n) is 19.6. The summed E-state index contributed by atoms with van der Waals surface area (Å²) in [5, 5.41) is 0.945. The lowest BCUT2D eigenvalue weighted by molar-refractivity contribution is -0.163. The maximum absolute atomic E-state index is 13.1. The van der Waals surface area contributed by atoms with E-state index in [9.17, 15) is 9.59 Å². The molecule has 1 aliphatic heterocycles. The molecule has 0 fully saturated rings. The van der Waals surface area contributed by atoms with Crippen molar-refractivity contribution >= 4 is 28.4 Å². The third-order valence-electron chi connectivity index (χ3n) is 5.73. The molecule has 0 aliphatic carbocycles. The number of nitrogens with zero attached hydrogens (tertiary/aromatic N) is 1. The molecule has 4 rings (SSSR count). The zero-order valence-corrected chi connectivity index (χ0v) is 19.6. The van der Waals surface area contributed by atoms with Crippen LogP contribution in [0.3, 0.4) is 0 Å². The van der Waals surface area contributed by atoms with Gasteiger partial charge in [-0.25, -0.2) is 4.79 Å². The number of fused-ring (bicyclic) bond motifs is 1. The van der Waals surface area contributed by atoms with E-state index in [1.165, 1.54) is 0 Å². The van der Waals surface area contributed by atoms with Gasteiger partial charge in [-0.2, -0.15) is 0 Å². The number of amides is 1. The summed E-state index contributed by atoms with van der Waals surface area (Å²) < 4.78 is 11.3. The van der Waals surface area contributed by atoms with Crippen molar-refractivity contribution in [3.63, 3.8) is 0 Å². The lowest BCUT2D eigenvalue weighted by atomic mass is 9.98. The number of aromatic amines is 1. The van der Waals surface area contributed by atoms with Crippen LogP contribution in [0.4, 0.5) is 0 Å². The molecule has 172 valence electrons. The Morgan fingerprint density at radius 1 is 1.09 bits per heavy atom. The summed E-state index contributed by atoms with van der Waals surface area (Å²) in [6.45, 7) is 8.23. The Kier molecular flexibility index (Phi) is 6.27. The number of rotatable bonds is 6. The summed E-state index contributed by atoms with van der Waals surface area (Å²) >= 11 is 0. The van der Waals surface area contributed by atoms with Crippen molar-refractivity contribution in [2.45, 2.75) is 45.8 Å². The van der Waals surface area contributed by atoms with Crippen LogP contribution in [-0.2, 0) is 9.53 Å². The molecule has 6 heteroatoms. The number of aromatic nitrogens is 1. The number of carbonyl (C=O) groups is 2. The minimum absolute atomic E-state index is 0.0326. The highest BCUT2D eigenvalue weighted by Crippen LogP contribution is 2.29. The number of benzene rings is 2. The average molecular weight is 447 g/mol. The molecule has 0 unspecified atom stereocenters. The molecule has 1 aromatic heterocycles. The lowest BCUT2D eigenvalue weighted by Gasteiger charge is -2.27. The normalized spacial score (nSPS) is 14.3. The quantitative estimate of drug-likeness (QED) is 0.528. The maximum Gasteiger partial charge on any atom is 0.350 e. The summed E-state index contributed by atoms with van der Waals surface area (Å²) in [4.78, 5) is 30.5. The van der Waals surface area contributed by atoms with E-state index in [-0.39, 0.29) is 12.0 Å². The van der Waals surface area contributed by atoms with Gasteiger partial charge in [-0.1, -0.05) is 36.4 Å². The molecule has 2 heterocycles. The van der Waals surface area contributed by atoms with Gasteiger partial charge in [0, 0.05) is 30.2 Å². The predicted molar refractivity (Wildman–Crippen MR) is 129 cm³/mol. The highest BCUT2D eigenvalue weighted by atomic mass is 16.6. The third kappa shape index (κ3) is 4.95. The molecular formula is C27H30N2O4. The molecule has 33 heavy (non-hydrogen) atoms. The fourth-order valence-corrected chi connectivity index (χ4v) is 3.99. The van der Waals surface area contributed by atoms with Crippen molar-refractivity contribution in [2.24, 2.45) is 0 Å². The summed E-state index contributed by atoms with van der Waals surface area (Å²) in [6, 6.07) is 15.5. The van der Waals surface area contributed by atoms with E-state index in [0.29, 0.717) is 24.4 Å². The van der Waals surface area contributed by atoms with Crippen LogP contribution >= 0.6 is 0 Å². The van der Waals surface area contributed by atoms with Gasteiger partial charge in [0.2, 0.25) is 0 Å².